The molecule has 1 heterocycles. The van der Waals surface area contributed by atoms with Gasteiger partial charge in [-0.1, -0.05) is 0 Å². The summed E-state index contributed by atoms with van der Waals surface area (Å²) in [5.74, 6) is -0.235. The molecular weight excluding hydrogens is 185 g/mol. The standard InChI is InChI=1S/C8H6FN5/c9-6-3-5(1-2-7(6)10)8-13-11-4-12-14-8/h1-4H,10H2. The van der Waals surface area contributed by atoms with E-state index in [1.54, 1.807) is 6.07 Å². The van der Waals surface area contributed by atoms with Crippen LogP contribution >= 0.6 is 0 Å². The number of benzene rings is 1. The molecule has 0 aliphatic carbocycles. The van der Waals surface area contributed by atoms with Gasteiger partial charge < -0.3 is 5.73 Å². The van der Waals surface area contributed by atoms with Gasteiger partial charge in [-0.3, -0.25) is 0 Å². The molecule has 5 nitrogen and oxygen atoms in total. The minimum absolute atomic E-state index is 0.0885. The van der Waals surface area contributed by atoms with Crippen LogP contribution in [-0.4, -0.2) is 20.4 Å². The second-order valence-electron chi connectivity index (χ2n) is 2.61. The van der Waals surface area contributed by atoms with Crippen LogP contribution in [0.1, 0.15) is 0 Å². The molecule has 6 heteroatoms. The number of aromatic nitrogens is 4. The van der Waals surface area contributed by atoms with Crippen molar-refractivity contribution in [1.29, 1.82) is 0 Å². The maximum Gasteiger partial charge on any atom is 0.203 e. The number of hydrogen-bond donors (Lipinski definition) is 1. The average Bonchev–Trinajstić information content (AvgIpc) is 2.23. The van der Waals surface area contributed by atoms with Crippen molar-refractivity contribution in [3.8, 4) is 11.4 Å². The molecular formula is C8H6FN5. The van der Waals surface area contributed by atoms with Gasteiger partial charge in [0, 0.05) is 5.56 Å². The second kappa shape index (κ2) is 3.33. The highest BCUT2D eigenvalue weighted by atomic mass is 19.1. The fourth-order valence-electron chi connectivity index (χ4n) is 0.986. The topological polar surface area (TPSA) is 77.6 Å². The molecule has 0 spiro atoms. The molecule has 0 amide bonds. The summed E-state index contributed by atoms with van der Waals surface area (Å²) in [5, 5.41) is 14.4. The highest BCUT2D eigenvalue weighted by molar-refractivity contribution is 5.58. The van der Waals surface area contributed by atoms with Gasteiger partial charge in [0.2, 0.25) is 5.82 Å². The van der Waals surface area contributed by atoms with E-state index in [1.165, 1.54) is 18.5 Å². The monoisotopic (exact) mass is 191 g/mol. The number of halogens is 1. The van der Waals surface area contributed by atoms with Crippen molar-refractivity contribution in [2.24, 2.45) is 0 Å². The lowest BCUT2D eigenvalue weighted by molar-refractivity contribution is 0.632. The van der Waals surface area contributed by atoms with E-state index in [4.69, 9.17) is 5.73 Å². The molecule has 70 valence electrons. The Balaban J connectivity index is 2.48. The third kappa shape index (κ3) is 1.49. The largest absolute Gasteiger partial charge is 0.396 e. The lowest BCUT2D eigenvalue weighted by Gasteiger charge is -1.99. The van der Waals surface area contributed by atoms with Crippen LogP contribution < -0.4 is 5.73 Å². The molecule has 0 radical (unpaired) electrons. The van der Waals surface area contributed by atoms with Gasteiger partial charge in [-0.15, -0.1) is 20.4 Å². The summed E-state index contributed by atoms with van der Waals surface area (Å²) in [6.07, 6.45) is 1.21. The zero-order valence-corrected chi connectivity index (χ0v) is 7.05. The molecule has 1 aromatic heterocycles. The molecule has 0 aliphatic rings. The summed E-state index contributed by atoms with van der Waals surface area (Å²) in [6, 6.07) is 4.30. The Morgan fingerprint density at radius 1 is 1.14 bits per heavy atom. The number of hydrogen-bond acceptors (Lipinski definition) is 5. The number of rotatable bonds is 1. The first-order valence-corrected chi connectivity index (χ1v) is 3.83. The summed E-state index contributed by atoms with van der Waals surface area (Å²) in [4.78, 5) is 0. The molecule has 2 rings (SSSR count). The number of nitrogen functional groups attached to an aromatic ring is 1. The minimum atomic E-state index is -0.505. The highest BCUT2D eigenvalue weighted by Crippen LogP contribution is 2.18. The SMILES string of the molecule is Nc1ccc(-c2nncnn2)cc1F. The van der Waals surface area contributed by atoms with Crippen LogP contribution in [0.25, 0.3) is 11.4 Å². The van der Waals surface area contributed by atoms with Gasteiger partial charge >= 0.3 is 0 Å². The number of nitrogens with two attached hydrogens (primary N) is 1. The molecule has 2 aromatic rings. The third-order valence-corrected chi connectivity index (χ3v) is 1.67. The fourth-order valence-corrected chi connectivity index (χ4v) is 0.986. The van der Waals surface area contributed by atoms with Gasteiger partial charge in [-0.2, -0.15) is 0 Å². The Morgan fingerprint density at radius 2 is 1.86 bits per heavy atom. The van der Waals surface area contributed by atoms with E-state index in [-0.39, 0.29) is 11.5 Å². The van der Waals surface area contributed by atoms with E-state index in [1.807, 2.05) is 0 Å². The zero-order valence-electron chi connectivity index (χ0n) is 7.05. The lowest BCUT2D eigenvalue weighted by Crippen LogP contribution is -1.96. The zero-order chi connectivity index (χ0) is 9.97. The smallest absolute Gasteiger partial charge is 0.203 e. The molecule has 0 atom stereocenters. The van der Waals surface area contributed by atoms with E-state index >= 15 is 0 Å². The Kier molecular flexibility index (Phi) is 2.02. The summed E-state index contributed by atoms with van der Waals surface area (Å²) >= 11 is 0. The first kappa shape index (κ1) is 8.49. The molecule has 1 aromatic carbocycles. The van der Waals surface area contributed by atoms with E-state index < -0.39 is 5.82 Å². The molecule has 0 saturated heterocycles. The van der Waals surface area contributed by atoms with Crippen molar-refractivity contribution in [2.75, 3.05) is 5.73 Å². The Bertz CT molecular complexity index is 445. The van der Waals surface area contributed by atoms with E-state index in [2.05, 4.69) is 20.4 Å². The minimum Gasteiger partial charge on any atom is -0.396 e. The third-order valence-electron chi connectivity index (χ3n) is 1.67. The summed E-state index contributed by atoms with van der Waals surface area (Å²) in [6.45, 7) is 0. The number of anilines is 1. The van der Waals surface area contributed by atoms with Crippen LogP contribution in [0.3, 0.4) is 0 Å². The predicted molar refractivity (Wildman–Crippen MR) is 47.4 cm³/mol. The van der Waals surface area contributed by atoms with Gasteiger partial charge in [-0.05, 0) is 18.2 Å². The normalized spacial score (nSPS) is 10.1. The maximum absolute atomic E-state index is 13.0. The Morgan fingerprint density at radius 3 is 2.50 bits per heavy atom. The number of nitrogens with zero attached hydrogens (tertiary/aromatic N) is 4. The second-order valence-corrected chi connectivity index (χ2v) is 2.61. The van der Waals surface area contributed by atoms with E-state index in [9.17, 15) is 4.39 Å². The van der Waals surface area contributed by atoms with Gasteiger partial charge in [0.25, 0.3) is 0 Å². The fraction of sp³-hybridized carbons (Fsp3) is 0. The summed E-state index contributed by atoms with van der Waals surface area (Å²) in [5.41, 5.74) is 5.91. The van der Waals surface area contributed by atoms with E-state index in [0.717, 1.165) is 0 Å². The maximum atomic E-state index is 13.0. The highest BCUT2D eigenvalue weighted by Gasteiger charge is 2.04. The van der Waals surface area contributed by atoms with Crippen molar-refractivity contribution >= 4 is 5.69 Å². The molecule has 0 unspecified atom stereocenters. The van der Waals surface area contributed by atoms with Crippen molar-refractivity contribution in [3.63, 3.8) is 0 Å². The Labute approximate surface area is 78.8 Å². The molecule has 0 bridgehead atoms. The van der Waals surface area contributed by atoms with Crippen molar-refractivity contribution in [3.05, 3.63) is 30.3 Å². The van der Waals surface area contributed by atoms with Crippen LogP contribution in [-0.2, 0) is 0 Å². The van der Waals surface area contributed by atoms with Crippen molar-refractivity contribution < 1.29 is 4.39 Å². The molecule has 14 heavy (non-hydrogen) atoms. The quantitative estimate of drug-likeness (QED) is 0.670. The first-order chi connectivity index (χ1) is 6.77. The van der Waals surface area contributed by atoms with Gasteiger partial charge in [-0.25, -0.2) is 4.39 Å². The van der Waals surface area contributed by atoms with Crippen LogP contribution in [0.4, 0.5) is 10.1 Å². The van der Waals surface area contributed by atoms with Gasteiger partial charge in [0.05, 0.1) is 5.69 Å². The van der Waals surface area contributed by atoms with Crippen LogP contribution in [0.2, 0.25) is 0 Å². The molecule has 2 N–H and O–H groups in total. The van der Waals surface area contributed by atoms with Crippen LogP contribution in [0.5, 0.6) is 0 Å². The van der Waals surface area contributed by atoms with Crippen LogP contribution in [0.15, 0.2) is 24.5 Å². The van der Waals surface area contributed by atoms with Gasteiger partial charge in [0.15, 0.2) is 6.33 Å². The summed E-state index contributed by atoms with van der Waals surface area (Å²) in [7, 11) is 0. The van der Waals surface area contributed by atoms with Crippen molar-refractivity contribution in [2.45, 2.75) is 0 Å². The van der Waals surface area contributed by atoms with Gasteiger partial charge in [0.1, 0.15) is 5.82 Å². The van der Waals surface area contributed by atoms with Crippen LogP contribution in [0, 0.1) is 5.82 Å². The first-order valence-electron chi connectivity index (χ1n) is 3.83. The predicted octanol–water partition coefficient (Wildman–Crippen LogP) is 0.655. The lowest BCUT2D eigenvalue weighted by atomic mass is 10.2. The molecule has 0 fully saturated rings. The van der Waals surface area contributed by atoms with E-state index in [0.29, 0.717) is 5.56 Å². The summed E-state index contributed by atoms with van der Waals surface area (Å²) < 4.78 is 13.0. The Hall–Kier alpha value is -2.11. The van der Waals surface area contributed by atoms with Crippen molar-refractivity contribution in [1.82, 2.24) is 20.4 Å². The molecule has 0 saturated carbocycles. The average molecular weight is 191 g/mol. The molecule has 0 aliphatic heterocycles.